The Morgan fingerprint density at radius 2 is 2.07 bits per heavy atom. The Labute approximate surface area is 85.2 Å². The first-order chi connectivity index (χ1) is 6.77. The molecule has 2 aliphatic rings. The van der Waals surface area contributed by atoms with Crippen molar-refractivity contribution < 1.29 is 4.79 Å². The third-order valence-corrected chi connectivity index (χ3v) is 3.23. The molecule has 0 aromatic rings. The van der Waals surface area contributed by atoms with Crippen molar-refractivity contribution in [3.8, 4) is 0 Å². The van der Waals surface area contributed by atoms with Crippen LogP contribution in [0.5, 0.6) is 0 Å². The van der Waals surface area contributed by atoms with Crippen LogP contribution in [0.15, 0.2) is 0 Å². The van der Waals surface area contributed by atoms with Crippen LogP contribution in [0.25, 0.3) is 0 Å². The van der Waals surface area contributed by atoms with Crippen molar-refractivity contribution in [1.82, 2.24) is 15.1 Å². The highest BCUT2D eigenvalue weighted by Crippen LogP contribution is 2.18. The van der Waals surface area contributed by atoms with Crippen molar-refractivity contribution in [2.75, 3.05) is 39.3 Å². The summed E-state index contributed by atoms with van der Waals surface area (Å²) in [6.07, 6.45) is 1.18. The summed E-state index contributed by atoms with van der Waals surface area (Å²) in [6, 6.07) is 0.491. The lowest BCUT2D eigenvalue weighted by atomic mass is 10.0. The summed E-state index contributed by atoms with van der Waals surface area (Å²) in [6.45, 7) is 8.14. The summed E-state index contributed by atoms with van der Waals surface area (Å²) in [5.41, 5.74) is 0. The SMILES string of the molecule is CC(=O)N1CCC1CN1CCNCC1. The Morgan fingerprint density at radius 3 is 2.57 bits per heavy atom. The normalized spacial score (nSPS) is 28.6. The Hall–Kier alpha value is -0.610. The van der Waals surface area contributed by atoms with E-state index in [-0.39, 0.29) is 5.91 Å². The molecule has 1 unspecified atom stereocenters. The van der Waals surface area contributed by atoms with Crippen LogP contribution >= 0.6 is 0 Å². The Balaban J connectivity index is 1.76. The topological polar surface area (TPSA) is 35.6 Å². The minimum absolute atomic E-state index is 0.233. The number of hydrogen-bond acceptors (Lipinski definition) is 3. The first kappa shape index (κ1) is 9.93. The fraction of sp³-hybridized carbons (Fsp3) is 0.900. The molecule has 80 valence electrons. The van der Waals surface area contributed by atoms with Crippen LogP contribution in [0.4, 0.5) is 0 Å². The van der Waals surface area contributed by atoms with E-state index in [0.717, 1.165) is 39.3 Å². The predicted molar refractivity (Wildman–Crippen MR) is 55.1 cm³/mol. The number of carbonyl (C=O) groups is 1. The zero-order chi connectivity index (χ0) is 9.97. The number of nitrogens with zero attached hydrogens (tertiary/aromatic N) is 2. The molecule has 0 saturated carbocycles. The molecule has 0 aliphatic carbocycles. The van der Waals surface area contributed by atoms with Crippen LogP contribution in [0.1, 0.15) is 13.3 Å². The molecule has 2 aliphatic heterocycles. The van der Waals surface area contributed by atoms with E-state index in [9.17, 15) is 4.79 Å². The molecular weight excluding hydrogens is 178 g/mol. The number of piperazine rings is 1. The molecule has 0 spiro atoms. The van der Waals surface area contributed by atoms with Crippen molar-refractivity contribution in [2.24, 2.45) is 0 Å². The summed E-state index contributed by atoms with van der Waals surface area (Å²) >= 11 is 0. The van der Waals surface area contributed by atoms with Crippen molar-refractivity contribution in [2.45, 2.75) is 19.4 Å². The Morgan fingerprint density at radius 1 is 1.36 bits per heavy atom. The van der Waals surface area contributed by atoms with Gasteiger partial charge in [0.2, 0.25) is 5.91 Å². The summed E-state index contributed by atoms with van der Waals surface area (Å²) in [5, 5.41) is 3.34. The number of amides is 1. The van der Waals surface area contributed by atoms with Gasteiger partial charge in [0.15, 0.2) is 0 Å². The van der Waals surface area contributed by atoms with E-state index in [1.54, 1.807) is 6.92 Å². The van der Waals surface area contributed by atoms with E-state index in [4.69, 9.17) is 0 Å². The highest BCUT2D eigenvalue weighted by atomic mass is 16.2. The lowest BCUT2D eigenvalue weighted by Gasteiger charge is -2.43. The minimum Gasteiger partial charge on any atom is -0.339 e. The second-order valence-corrected chi connectivity index (χ2v) is 4.21. The molecule has 2 saturated heterocycles. The van der Waals surface area contributed by atoms with Crippen molar-refractivity contribution in [3.63, 3.8) is 0 Å². The molecule has 4 heteroatoms. The fourth-order valence-electron chi connectivity index (χ4n) is 2.24. The van der Waals surface area contributed by atoms with Crippen LogP contribution in [-0.2, 0) is 4.79 Å². The van der Waals surface area contributed by atoms with E-state index >= 15 is 0 Å². The Kier molecular flexibility index (Phi) is 3.03. The van der Waals surface area contributed by atoms with Gasteiger partial charge < -0.3 is 10.2 Å². The summed E-state index contributed by atoms with van der Waals surface area (Å²) in [7, 11) is 0. The maximum atomic E-state index is 11.2. The maximum Gasteiger partial charge on any atom is 0.219 e. The Bertz CT molecular complexity index is 213. The van der Waals surface area contributed by atoms with Crippen LogP contribution in [-0.4, -0.2) is 61.0 Å². The van der Waals surface area contributed by atoms with E-state index in [1.165, 1.54) is 6.42 Å². The molecule has 0 aromatic carbocycles. The van der Waals surface area contributed by atoms with Gasteiger partial charge in [-0.3, -0.25) is 9.69 Å². The third-order valence-electron chi connectivity index (χ3n) is 3.23. The standard InChI is InChI=1S/C10H19N3O/c1-9(14)13-5-2-10(13)8-12-6-3-11-4-7-12/h10-11H,2-8H2,1H3. The quantitative estimate of drug-likeness (QED) is 0.649. The number of hydrogen-bond donors (Lipinski definition) is 1. The third kappa shape index (κ3) is 2.07. The molecule has 1 atom stereocenters. The molecule has 2 heterocycles. The van der Waals surface area contributed by atoms with Crippen molar-refractivity contribution in [3.05, 3.63) is 0 Å². The number of rotatable bonds is 2. The van der Waals surface area contributed by atoms with Gasteiger partial charge in [-0.1, -0.05) is 0 Å². The largest absolute Gasteiger partial charge is 0.339 e. The molecule has 4 nitrogen and oxygen atoms in total. The first-order valence-corrected chi connectivity index (χ1v) is 5.47. The fourth-order valence-corrected chi connectivity index (χ4v) is 2.24. The van der Waals surface area contributed by atoms with E-state index in [1.807, 2.05) is 4.90 Å². The molecular formula is C10H19N3O. The predicted octanol–water partition coefficient (Wildman–Crippen LogP) is -0.488. The van der Waals surface area contributed by atoms with Crippen LogP contribution in [0.2, 0.25) is 0 Å². The lowest BCUT2D eigenvalue weighted by Crippen LogP contribution is -2.57. The average molecular weight is 197 g/mol. The molecule has 2 fully saturated rings. The van der Waals surface area contributed by atoms with E-state index in [2.05, 4.69) is 10.2 Å². The van der Waals surface area contributed by atoms with Crippen LogP contribution in [0, 0.1) is 0 Å². The average Bonchev–Trinajstić information content (AvgIpc) is 2.13. The minimum atomic E-state index is 0.233. The number of carbonyl (C=O) groups excluding carboxylic acids is 1. The molecule has 0 radical (unpaired) electrons. The number of nitrogens with one attached hydrogen (secondary N) is 1. The van der Waals surface area contributed by atoms with Gasteiger partial charge >= 0.3 is 0 Å². The van der Waals surface area contributed by atoms with Gasteiger partial charge in [0.1, 0.15) is 0 Å². The molecule has 0 bridgehead atoms. The van der Waals surface area contributed by atoms with E-state index < -0.39 is 0 Å². The summed E-state index contributed by atoms with van der Waals surface area (Å²) in [5.74, 6) is 0.233. The second-order valence-electron chi connectivity index (χ2n) is 4.21. The molecule has 1 N–H and O–H groups in total. The lowest BCUT2D eigenvalue weighted by molar-refractivity contribution is -0.137. The highest BCUT2D eigenvalue weighted by Gasteiger charge is 2.31. The molecule has 1 amide bonds. The monoisotopic (exact) mass is 197 g/mol. The van der Waals surface area contributed by atoms with Crippen LogP contribution in [0.3, 0.4) is 0 Å². The van der Waals surface area contributed by atoms with Crippen molar-refractivity contribution in [1.29, 1.82) is 0 Å². The molecule has 0 aromatic heterocycles. The summed E-state index contributed by atoms with van der Waals surface area (Å²) < 4.78 is 0. The summed E-state index contributed by atoms with van der Waals surface area (Å²) in [4.78, 5) is 15.6. The van der Waals surface area contributed by atoms with Gasteiger partial charge in [0, 0.05) is 52.2 Å². The maximum absolute atomic E-state index is 11.2. The molecule has 14 heavy (non-hydrogen) atoms. The van der Waals surface area contributed by atoms with E-state index in [0.29, 0.717) is 6.04 Å². The smallest absolute Gasteiger partial charge is 0.219 e. The second kappa shape index (κ2) is 4.28. The zero-order valence-electron chi connectivity index (χ0n) is 8.83. The van der Waals surface area contributed by atoms with Gasteiger partial charge in [0.05, 0.1) is 0 Å². The van der Waals surface area contributed by atoms with Gasteiger partial charge in [0.25, 0.3) is 0 Å². The van der Waals surface area contributed by atoms with Gasteiger partial charge in [-0.05, 0) is 6.42 Å². The first-order valence-electron chi connectivity index (χ1n) is 5.47. The van der Waals surface area contributed by atoms with Gasteiger partial charge in [-0.2, -0.15) is 0 Å². The van der Waals surface area contributed by atoms with Crippen LogP contribution < -0.4 is 5.32 Å². The van der Waals surface area contributed by atoms with Gasteiger partial charge in [-0.15, -0.1) is 0 Å². The van der Waals surface area contributed by atoms with Gasteiger partial charge in [-0.25, -0.2) is 0 Å². The number of likely N-dealkylation sites (tertiary alicyclic amines) is 1. The zero-order valence-corrected chi connectivity index (χ0v) is 8.83. The highest BCUT2D eigenvalue weighted by molar-refractivity contribution is 5.74. The van der Waals surface area contributed by atoms with Crippen molar-refractivity contribution >= 4 is 5.91 Å². The molecule has 2 rings (SSSR count).